The number of esters is 1. The van der Waals surface area contributed by atoms with E-state index in [1.807, 2.05) is 30.3 Å². The van der Waals surface area contributed by atoms with Gasteiger partial charge in [0, 0.05) is 0 Å². The van der Waals surface area contributed by atoms with Gasteiger partial charge in [-0.25, -0.2) is 4.79 Å². The molecule has 1 heterocycles. The Morgan fingerprint density at radius 1 is 1.33 bits per heavy atom. The average molecular weight is 199 g/mol. The number of nitrogens with zero attached hydrogens (tertiary/aromatic N) is 1. The molecule has 1 atom stereocenters. The van der Waals surface area contributed by atoms with E-state index in [2.05, 4.69) is 6.07 Å². The summed E-state index contributed by atoms with van der Waals surface area (Å²) in [5, 5.41) is 9.06. The molecular weight excluding hydrogens is 190 g/mol. The highest BCUT2D eigenvalue weighted by Crippen LogP contribution is 2.26. The van der Waals surface area contributed by atoms with Gasteiger partial charge in [0.2, 0.25) is 0 Å². The fourth-order valence-corrected chi connectivity index (χ4v) is 1.58. The third-order valence-corrected chi connectivity index (χ3v) is 2.33. The third kappa shape index (κ3) is 1.75. The summed E-state index contributed by atoms with van der Waals surface area (Å²) in [5.74, 6) is -0.897. The molecule has 2 rings (SSSR count). The normalized spacial score (nSPS) is 16.5. The monoisotopic (exact) mass is 199 g/mol. The van der Waals surface area contributed by atoms with Gasteiger partial charge in [-0.3, -0.25) is 0 Å². The van der Waals surface area contributed by atoms with E-state index in [1.54, 1.807) is 6.08 Å². The Kier molecular flexibility index (Phi) is 2.51. The van der Waals surface area contributed by atoms with Crippen molar-refractivity contribution in [3.63, 3.8) is 0 Å². The topological polar surface area (TPSA) is 50.1 Å². The second-order valence-corrected chi connectivity index (χ2v) is 3.23. The summed E-state index contributed by atoms with van der Waals surface area (Å²) in [6.45, 7) is 0.277. The fourth-order valence-electron chi connectivity index (χ4n) is 1.58. The molecule has 3 nitrogen and oxygen atoms in total. The predicted molar refractivity (Wildman–Crippen MR) is 53.8 cm³/mol. The zero-order valence-electron chi connectivity index (χ0n) is 8.01. The Hall–Kier alpha value is -2.08. The summed E-state index contributed by atoms with van der Waals surface area (Å²) in [6.07, 6.45) is 1.67. The number of hydrogen-bond acceptors (Lipinski definition) is 3. The van der Waals surface area contributed by atoms with E-state index in [1.165, 1.54) is 0 Å². The first-order valence-electron chi connectivity index (χ1n) is 4.64. The number of nitriles is 1. The lowest BCUT2D eigenvalue weighted by atomic mass is 9.93. The van der Waals surface area contributed by atoms with Gasteiger partial charge in [0.15, 0.2) is 0 Å². The Morgan fingerprint density at radius 3 is 2.60 bits per heavy atom. The lowest BCUT2D eigenvalue weighted by Gasteiger charge is -2.07. The molecule has 1 unspecified atom stereocenters. The van der Waals surface area contributed by atoms with Gasteiger partial charge in [-0.1, -0.05) is 30.3 Å². The summed E-state index contributed by atoms with van der Waals surface area (Å²) in [5.41, 5.74) is 1.27. The van der Waals surface area contributed by atoms with E-state index in [0.717, 1.165) is 5.56 Å². The molecule has 1 aliphatic rings. The Bertz CT molecular complexity index is 442. The van der Waals surface area contributed by atoms with Crippen molar-refractivity contribution in [2.75, 3.05) is 6.61 Å². The quantitative estimate of drug-likeness (QED) is 0.682. The fraction of sp³-hybridized carbons (Fsp3) is 0.167. The van der Waals surface area contributed by atoms with Crippen molar-refractivity contribution in [1.29, 1.82) is 5.26 Å². The van der Waals surface area contributed by atoms with Crippen LogP contribution in [-0.4, -0.2) is 12.6 Å². The van der Waals surface area contributed by atoms with Crippen LogP contribution >= 0.6 is 0 Å². The predicted octanol–water partition coefficient (Wildman–Crippen LogP) is 1.78. The van der Waals surface area contributed by atoms with Crippen molar-refractivity contribution in [3.8, 4) is 6.07 Å². The van der Waals surface area contributed by atoms with Gasteiger partial charge in [-0.15, -0.1) is 0 Å². The summed E-state index contributed by atoms with van der Waals surface area (Å²) < 4.78 is 4.79. The summed E-state index contributed by atoms with van der Waals surface area (Å²) in [7, 11) is 0. The molecule has 0 aromatic heterocycles. The van der Waals surface area contributed by atoms with Crippen LogP contribution in [0.4, 0.5) is 0 Å². The van der Waals surface area contributed by atoms with Gasteiger partial charge in [0.25, 0.3) is 0 Å². The van der Waals surface area contributed by atoms with Crippen LogP contribution in [0.2, 0.25) is 0 Å². The zero-order chi connectivity index (χ0) is 10.7. The molecule has 0 amide bonds. The Morgan fingerprint density at radius 2 is 2.07 bits per heavy atom. The summed E-state index contributed by atoms with van der Waals surface area (Å²) in [6, 6.07) is 11.4. The van der Waals surface area contributed by atoms with Crippen LogP contribution in [0.25, 0.3) is 0 Å². The van der Waals surface area contributed by atoms with Gasteiger partial charge in [0.1, 0.15) is 12.5 Å². The highest BCUT2D eigenvalue weighted by molar-refractivity contribution is 5.92. The molecule has 0 bridgehead atoms. The highest BCUT2D eigenvalue weighted by atomic mass is 16.5. The molecule has 0 spiro atoms. The molecule has 0 aliphatic carbocycles. The van der Waals surface area contributed by atoms with Crippen molar-refractivity contribution < 1.29 is 9.53 Å². The smallest absolute Gasteiger partial charge is 0.335 e. The zero-order valence-corrected chi connectivity index (χ0v) is 8.01. The molecular formula is C12H9NO2. The molecule has 3 heteroatoms. The molecule has 0 saturated carbocycles. The van der Waals surface area contributed by atoms with E-state index < -0.39 is 5.92 Å². The summed E-state index contributed by atoms with van der Waals surface area (Å²) in [4.78, 5) is 11.3. The average Bonchev–Trinajstić information content (AvgIpc) is 2.68. The molecule has 1 aromatic carbocycles. The van der Waals surface area contributed by atoms with Crippen LogP contribution in [0.3, 0.4) is 0 Å². The number of benzene rings is 1. The maximum Gasteiger partial charge on any atom is 0.335 e. The molecule has 0 saturated heterocycles. The van der Waals surface area contributed by atoms with Gasteiger partial charge in [-0.2, -0.15) is 5.26 Å². The number of hydrogen-bond donors (Lipinski definition) is 0. The molecule has 0 N–H and O–H groups in total. The lowest BCUT2D eigenvalue weighted by Crippen LogP contribution is -2.07. The van der Waals surface area contributed by atoms with E-state index in [4.69, 9.17) is 10.00 Å². The Labute approximate surface area is 87.6 Å². The van der Waals surface area contributed by atoms with Crippen molar-refractivity contribution in [1.82, 2.24) is 0 Å². The van der Waals surface area contributed by atoms with Gasteiger partial charge in [0.05, 0.1) is 11.6 Å². The van der Waals surface area contributed by atoms with Crippen molar-refractivity contribution in [3.05, 3.63) is 47.5 Å². The molecule has 0 radical (unpaired) electrons. The minimum Gasteiger partial charge on any atom is -0.458 e. The van der Waals surface area contributed by atoms with Crippen molar-refractivity contribution >= 4 is 5.97 Å². The van der Waals surface area contributed by atoms with E-state index in [9.17, 15) is 4.79 Å². The molecule has 1 aromatic rings. The Balaban J connectivity index is 2.34. The third-order valence-electron chi connectivity index (χ3n) is 2.33. The van der Waals surface area contributed by atoms with Crippen LogP contribution in [0, 0.1) is 11.3 Å². The maximum atomic E-state index is 11.3. The van der Waals surface area contributed by atoms with Crippen LogP contribution in [0.15, 0.2) is 42.0 Å². The SMILES string of the molecule is N#CC(C1=CCOC1=O)c1ccccc1. The first kappa shape index (κ1) is 9.47. The number of ether oxygens (including phenoxy) is 1. The van der Waals surface area contributed by atoms with E-state index >= 15 is 0 Å². The second kappa shape index (κ2) is 3.97. The van der Waals surface area contributed by atoms with Crippen molar-refractivity contribution in [2.45, 2.75) is 5.92 Å². The number of carbonyl (C=O) groups is 1. The molecule has 74 valence electrons. The van der Waals surface area contributed by atoms with E-state index in [0.29, 0.717) is 5.57 Å². The van der Waals surface area contributed by atoms with Crippen LogP contribution in [0.1, 0.15) is 11.5 Å². The van der Waals surface area contributed by atoms with Gasteiger partial charge in [-0.05, 0) is 11.6 Å². The standard InChI is InChI=1S/C12H9NO2/c13-8-11(9-4-2-1-3-5-9)10-6-7-15-12(10)14/h1-6,11H,7H2. The molecule has 1 aliphatic heterocycles. The first-order chi connectivity index (χ1) is 7.33. The number of rotatable bonds is 2. The van der Waals surface area contributed by atoms with Crippen LogP contribution < -0.4 is 0 Å². The highest BCUT2D eigenvalue weighted by Gasteiger charge is 2.26. The molecule has 15 heavy (non-hydrogen) atoms. The molecule has 0 fully saturated rings. The van der Waals surface area contributed by atoms with Crippen LogP contribution in [0.5, 0.6) is 0 Å². The number of carbonyl (C=O) groups excluding carboxylic acids is 1. The van der Waals surface area contributed by atoms with Gasteiger partial charge >= 0.3 is 5.97 Å². The largest absolute Gasteiger partial charge is 0.458 e. The first-order valence-corrected chi connectivity index (χ1v) is 4.64. The van der Waals surface area contributed by atoms with Gasteiger partial charge < -0.3 is 4.74 Å². The maximum absolute atomic E-state index is 11.3. The number of cyclic esters (lactones) is 1. The van der Waals surface area contributed by atoms with E-state index in [-0.39, 0.29) is 12.6 Å². The lowest BCUT2D eigenvalue weighted by molar-refractivity contribution is -0.136. The minimum atomic E-state index is -0.513. The van der Waals surface area contributed by atoms with Crippen LogP contribution in [-0.2, 0) is 9.53 Å². The second-order valence-electron chi connectivity index (χ2n) is 3.23. The minimum absolute atomic E-state index is 0.277. The summed E-state index contributed by atoms with van der Waals surface area (Å²) >= 11 is 0. The van der Waals surface area contributed by atoms with Crippen molar-refractivity contribution in [2.24, 2.45) is 0 Å².